The van der Waals surface area contributed by atoms with Gasteiger partial charge in [0.25, 0.3) is 5.91 Å². The summed E-state index contributed by atoms with van der Waals surface area (Å²) in [5, 5.41) is 14.4. The van der Waals surface area contributed by atoms with Crippen LogP contribution in [-0.4, -0.2) is 22.7 Å². The maximum atomic E-state index is 12.1. The summed E-state index contributed by atoms with van der Waals surface area (Å²) in [5.74, 6) is -0.832. The van der Waals surface area contributed by atoms with E-state index >= 15 is 0 Å². The Morgan fingerprint density at radius 2 is 1.36 bits per heavy atom. The Morgan fingerprint density at radius 1 is 0.840 bits per heavy atom. The van der Waals surface area contributed by atoms with Gasteiger partial charge in [-0.05, 0) is 62.4 Å². The molecule has 3 N–H and O–H groups in total. The number of aromatic hydroxyl groups is 1. The standard InChI is InChI=1S/C19H18N2O4/c1-12(11-18(24)20-15-7-9-17(23)10-8-15)19(25)21-16-5-3-14(4-6-16)13(2)22/h3-11,23H,1-2H3,(H,20,24)(H,21,25)/b12-11-. The zero-order valence-corrected chi connectivity index (χ0v) is 13.9. The first-order valence-corrected chi connectivity index (χ1v) is 7.56. The number of benzene rings is 2. The molecule has 0 fully saturated rings. The van der Waals surface area contributed by atoms with Crippen LogP contribution < -0.4 is 10.6 Å². The van der Waals surface area contributed by atoms with Crippen LogP contribution in [0.2, 0.25) is 0 Å². The summed E-state index contributed by atoms with van der Waals surface area (Å²) in [4.78, 5) is 35.2. The van der Waals surface area contributed by atoms with Crippen molar-refractivity contribution < 1.29 is 19.5 Å². The van der Waals surface area contributed by atoms with Crippen LogP contribution in [0.1, 0.15) is 24.2 Å². The second-order valence-electron chi connectivity index (χ2n) is 5.45. The number of ketones is 1. The van der Waals surface area contributed by atoms with Crippen LogP contribution in [0, 0.1) is 0 Å². The average molecular weight is 338 g/mol. The third kappa shape index (κ3) is 5.31. The molecule has 0 radical (unpaired) electrons. The predicted octanol–water partition coefficient (Wildman–Crippen LogP) is 3.12. The van der Waals surface area contributed by atoms with Crippen LogP contribution in [-0.2, 0) is 9.59 Å². The molecule has 0 atom stereocenters. The molecule has 0 bridgehead atoms. The van der Waals surface area contributed by atoms with E-state index in [0.717, 1.165) is 0 Å². The monoisotopic (exact) mass is 338 g/mol. The Kier molecular flexibility index (Phi) is 5.68. The fourth-order valence-electron chi connectivity index (χ4n) is 2.00. The van der Waals surface area contributed by atoms with Gasteiger partial charge in [-0.1, -0.05) is 0 Å². The summed E-state index contributed by atoms with van der Waals surface area (Å²) in [5.41, 5.74) is 1.82. The number of hydrogen-bond donors (Lipinski definition) is 3. The topological polar surface area (TPSA) is 95.5 Å². The number of rotatable bonds is 5. The molecule has 2 aromatic rings. The van der Waals surface area contributed by atoms with Crippen molar-refractivity contribution >= 4 is 29.0 Å². The van der Waals surface area contributed by atoms with Crippen molar-refractivity contribution in [2.75, 3.05) is 10.6 Å². The van der Waals surface area contributed by atoms with E-state index in [0.29, 0.717) is 16.9 Å². The molecule has 2 aromatic carbocycles. The maximum Gasteiger partial charge on any atom is 0.251 e. The zero-order valence-electron chi connectivity index (χ0n) is 13.9. The molecular formula is C19H18N2O4. The number of amides is 2. The molecule has 0 aromatic heterocycles. The van der Waals surface area contributed by atoms with Gasteiger partial charge in [0.15, 0.2) is 5.78 Å². The van der Waals surface area contributed by atoms with Crippen LogP contribution in [0.4, 0.5) is 11.4 Å². The number of carbonyl (C=O) groups is 3. The minimum Gasteiger partial charge on any atom is -0.508 e. The molecule has 0 saturated heterocycles. The molecule has 2 amide bonds. The summed E-state index contributed by atoms with van der Waals surface area (Å²) in [6.45, 7) is 2.99. The largest absolute Gasteiger partial charge is 0.508 e. The van der Waals surface area contributed by atoms with Crippen molar-refractivity contribution in [3.05, 3.63) is 65.7 Å². The molecule has 0 aliphatic rings. The molecule has 0 aliphatic carbocycles. The Labute approximate surface area is 145 Å². The highest BCUT2D eigenvalue weighted by molar-refractivity contribution is 6.10. The molecular weight excluding hydrogens is 320 g/mol. The molecule has 0 aliphatic heterocycles. The van der Waals surface area contributed by atoms with Crippen LogP contribution in [0.25, 0.3) is 0 Å². The van der Waals surface area contributed by atoms with Gasteiger partial charge in [-0.25, -0.2) is 0 Å². The fraction of sp³-hybridized carbons (Fsp3) is 0.105. The van der Waals surface area contributed by atoms with Crippen LogP contribution in [0.5, 0.6) is 5.75 Å². The van der Waals surface area contributed by atoms with Crippen molar-refractivity contribution in [3.63, 3.8) is 0 Å². The van der Waals surface area contributed by atoms with Crippen molar-refractivity contribution in [1.82, 2.24) is 0 Å². The highest BCUT2D eigenvalue weighted by atomic mass is 16.3. The van der Waals surface area contributed by atoms with Crippen LogP contribution in [0.3, 0.4) is 0 Å². The maximum absolute atomic E-state index is 12.1. The molecule has 0 heterocycles. The molecule has 2 rings (SSSR count). The fourth-order valence-corrected chi connectivity index (χ4v) is 2.00. The highest BCUT2D eigenvalue weighted by Crippen LogP contribution is 2.14. The van der Waals surface area contributed by atoms with E-state index in [1.807, 2.05) is 0 Å². The summed E-state index contributed by atoms with van der Waals surface area (Å²) in [6, 6.07) is 12.5. The van der Waals surface area contributed by atoms with Gasteiger partial charge in [0.1, 0.15) is 5.75 Å². The van der Waals surface area contributed by atoms with Gasteiger partial charge in [-0.3, -0.25) is 14.4 Å². The Bertz CT molecular complexity index is 822. The van der Waals surface area contributed by atoms with Crippen LogP contribution in [0.15, 0.2) is 60.2 Å². The smallest absolute Gasteiger partial charge is 0.251 e. The van der Waals surface area contributed by atoms with Gasteiger partial charge in [-0.15, -0.1) is 0 Å². The van der Waals surface area contributed by atoms with Gasteiger partial charge in [0.2, 0.25) is 5.91 Å². The highest BCUT2D eigenvalue weighted by Gasteiger charge is 2.08. The van der Waals surface area contributed by atoms with E-state index in [1.54, 1.807) is 36.4 Å². The minimum atomic E-state index is -0.453. The minimum absolute atomic E-state index is 0.0557. The van der Waals surface area contributed by atoms with E-state index in [1.165, 1.54) is 32.1 Å². The quantitative estimate of drug-likeness (QED) is 0.443. The first kappa shape index (κ1) is 17.9. The second-order valence-corrected chi connectivity index (χ2v) is 5.45. The number of nitrogens with one attached hydrogen (secondary N) is 2. The third-order valence-corrected chi connectivity index (χ3v) is 3.39. The molecule has 0 saturated carbocycles. The Morgan fingerprint density at radius 3 is 1.92 bits per heavy atom. The third-order valence-electron chi connectivity index (χ3n) is 3.39. The van der Waals surface area contributed by atoms with Crippen molar-refractivity contribution in [1.29, 1.82) is 0 Å². The first-order valence-electron chi connectivity index (χ1n) is 7.56. The molecule has 0 spiro atoms. The normalized spacial score (nSPS) is 10.9. The second kappa shape index (κ2) is 7.92. The molecule has 6 heteroatoms. The lowest BCUT2D eigenvalue weighted by Gasteiger charge is -2.07. The van der Waals surface area contributed by atoms with E-state index in [9.17, 15) is 19.5 Å². The summed E-state index contributed by atoms with van der Waals surface area (Å²) in [6.07, 6.45) is 1.19. The SMILES string of the molecule is CC(=O)c1ccc(NC(=O)/C(C)=C\C(=O)Nc2ccc(O)cc2)cc1. The van der Waals surface area contributed by atoms with Gasteiger partial charge in [0, 0.05) is 28.6 Å². The van der Waals surface area contributed by atoms with E-state index in [-0.39, 0.29) is 17.1 Å². The predicted molar refractivity (Wildman–Crippen MR) is 95.6 cm³/mol. The average Bonchev–Trinajstić information content (AvgIpc) is 2.57. The molecule has 0 unspecified atom stereocenters. The lowest BCUT2D eigenvalue weighted by atomic mass is 10.1. The summed E-state index contributed by atoms with van der Waals surface area (Å²) >= 11 is 0. The van der Waals surface area contributed by atoms with Gasteiger partial charge in [-0.2, -0.15) is 0 Å². The zero-order chi connectivity index (χ0) is 18.4. The van der Waals surface area contributed by atoms with Gasteiger partial charge >= 0.3 is 0 Å². The number of phenols is 1. The number of hydrogen-bond acceptors (Lipinski definition) is 4. The van der Waals surface area contributed by atoms with E-state index in [2.05, 4.69) is 10.6 Å². The lowest BCUT2D eigenvalue weighted by molar-refractivity contribution is -0.114. The van der Waals surface area contributed by atoms with Gasteiger partial charge < -0.3 is 15.7 Å². The number of Topliss-reactive ketones (excluding diaryl/α,β-unsaturated/α-hetero) is 1. The Balaban J connectivity index is 1.97. The Hall–Kier alpha value is -3.41. The van der Waals surface area contributed by atoms with Gasteiger partial charge in [0.05, 0.1) is 0 Å². The lowest BCUT2D eigenvalue weighted by Crippen LogP contribution is -2.16. The van der Waals surface area contributed by atoms with Crippen LogP contribution >= 0.6 is 0 Å². The molecule has 128 valence electrons. The van der Waals surface area contributed by atoms with Crippen molar-refractivity contribution in [3.8, 4) is 5.75 Å². The number of carbonyl (C=O) groups excluding carboxylic acids is 3. The molecule has 6 nitrogen and oxygen atoms in total. The summed E-state index contributed by atoms with van der Waals surface area (Å²) in [7, 11) is 0. The molecule has 25 heavy (non-hydrogen) atoms. The van der Waals surface area contributed by atoms with Crippen molar-refractivity contribution in [2.24, 2.45) is 0 Å². The first-order chi connectivity index (χ1) is 11.8. The van der Waals surface area contributed by atoms with E-state index < -0.39 is 11.8 Å². The number of anilines is 2. The number of phenolic OH excluding ortho intramolecular Hbond substituents is 1. The van der Waals surface area contributed by atoms with Crippen molar-refractivity contribution in [2.45, 2.75) is 13.8 Å². The van der Waals surface area contributed by atoms with E-state index in [4.69, 9.17) is 0 Å². The summed E-state index contributed by atoms with van der Waals surface area (Å²) < 4.78 is 0.